The van der Waals surface area contributed by atoms with Crippen LogP contribution in [0.3, 0.4) is 0 Å². The molecule has 0 aromatic carbocycles. The summed E-state index contributed by atoms with van der Waals surface area (Å²) in [6, 6.07) is 3.21. The molecule has 0 saturated carbocycles. The first-order valence-electron chi connectivity index (χ1n) is 7.49. The normalized spacial score (nSPS) is 10.7. The number of nitrogens with one attached hydrogen (secondary N) is 1. The molecule has 0 amide bonds. The van der Waals surface area contributed by atoms with Gasteiger partial charge >= 0.3 is 5.97 Å². The first kappa shape index (κ1) is 16.0. The molecule has 6 nitrogen and oxygen atoms in total. The molecular formula is C16H21N3O3. The Hall–Kier alpha value is -2.37. The molecule has 6 heteroatoms. The molecule has 1 N–H and O–H groups in total. The average Bonchev–Trinajstić information content (AvgIpc) is 2.47. The Labute approximate surface area is 129 Å². The van der Waals surface area contributed by atoms with Gasteiger partial charge in [-0.25, -0.2) is 9.78 Å². The van der Waals surface area contributed by atoms with Gasteiger partial charge in [0.2, 0.25) is 0 Å². The molecule has 0 aliphatic heterocycles. The van der Waals surface area contributed by atoms with Gasteiger partial charge in [-0.15, -0.1) is 0 Å². The second kappa shape index (κ2) is 6.60. The van der Waals surface area contributed by atoms with Crippen LogP contribution in [-0.4, -0.2) is 28.7 Å². The van der Waals surface area contributed by atoms with Gasteiger partial charge in [-0.2, -0.15) is 0 Å². The number of nitrogens with zero attached hydrogens (tertiary/aromatic N) is 2. The molecule has 0 unspecified atom stereocenters. The Morgan fingerprint density at radius 2 is 2.05 bits per heavy atom. The fourth-order valence-corrected chi connectivity index (χ4v) is 2.50. The standard InChI is InChI=1S/C16H21N3O3/c1-5-17-12-9-13(20)19(6-2)15-14(12)11(8-10(4)18-15)16(21)22-7-3/h8-9,17H,5-7H2,1-4H3. The zero-order valence-corrected chi connectivity index (χ0v) is 13.4. The van der Waals surface area contributed by atoms with Crippen molar-refractivity contribution in [3.05, 3.63) is 33.7 Å². The summed E-state index contributed by atoms with van der Waals surface area (Å²) in [5.74, 6) is -0.404. The van der Waals surface area contributed by atoms with Crippen LogP contribution in [0.2, 0.25) is 0 Å². The number of esters is 1. The first-order chi connectivity index (χ1) is 10.5. The molecule has 0 saturated heterocycles. The second-order valence-electron chi connectivity index (χ2n) is 4.90. The number of fused-ring (bicyclic) bond motifs is 1. The molecule has 2 rings (SSSR count). The van der Waals surface area contributed by atoms with E-state index < -0.39 is 5.97 Å². The predicted octanol–water partition coefficient (Wildman–Crippen LogP) is 2.33. The van der Waals surface area contributed by atoms with E-state index in [1.807, 2.05) is 13.8 Å². The van der Waals surface area contributed by atoms with Crippen molar-refractivity contribution in [2.45, 2.75) is 34.2 Å². The fraction of sp³-hybridized carbons (Fsp3) is 0.438. The molecule has 0 fully saturated rings. The number of hydrogen-bond donors (Lipinski definition) is 1. The Balaban J connectivity index is 2.90. The third-order valence-corrected chi connectivity index (χ3v) is 3.37. The number of pyridine rings is 2. The highest BCUT2D eigenvalue weighted by Crippen LogP contribution is 2.26. The van der Waals surface area contributed by atoms with Crippen molar-refractivity contribution in [1.82, 2.24) is 9.55 Å². The van der Waals surface area contributed by atoms with E-state index >= 15 is 0 Å². The summed E-state index contributed by atoms with van der Waals surface area (Å²) in [5, 5.41) is 3.77. The van der Waals surface area contributed by atoms with E-state index in [4.69, 9.17) is 4.74 Å². The van der Waals surface area contributed by atoms with Crippen LogP contribution in [-0.2, 0) is 11.3 Å². The zero-order chi connectivity index (χ0) is 16.3. The molecule has 0 aliphatic rings. The largest absolute Gasteiger partial charge is 0.462 e. The van der Waals surface area contributed by atoms with Crippen molar-refractivity contribution in [2.24, 2.45) is 0 Å². The lowest BCUT2D eigenvalue weighted by Gasteiger charge is -2.15. The third kappa shape index (κ3) is 2.81. The van der Waals surface area contributed by atoms with Crippen molar-refractivity contribution in [3.8, 4) is 0 Å². The minimum Gasteiger partial charge on any atom is -0.462 e. The summed E-state index contributed by atoms with van der Waals surface area (Å²) in [6.45, 7) is 8.80. The van der Waals surface area contributed by atoms with E-state index in [0.29, 0.717) is 47.7 Å². The summed E-state index contributed by atoms with van der Waals surface area (Å²) < 4.78 is 6.71. The maximum atomic E-state index is 12.3. The molecule has 0 spiro atoms. The van der Waals surface area contributed by atoms with E-state index in [1.165, 1.54) is 6.07 Å². The van der Waals surface area contributed by atoms with Crippen molar-refractivity contribution in [2.75, 3.05) is 18.5 Å². The van der Waals surface area contributed by atoms with Gasteiger partial charge in [0.05, 0.1) is 23.2 Å². The minimum absolute atomic E-state index is 0.140. The Morgan fingerprint density at radius 3 is 2.64 bits per heavy atom. The van der Waals surface area contributed by atoms with Crippen LogP contribution in [0.1, 0.15) is 36.8 Å². The highest BCUT2D eigenvalue weighted by atomic mass is 16.5. The summed E-state index contributed by atoms with van der Waals surface area (Å²) in [6.07, 6.45) is 0. The van der Waals surface area contributed by atoms with Crippen LogP contribution in [0.5, 0.6) is 0 Å². The van der Waals surface area contributed by atoms with Gasteiger partial charge in [-0.3, -0.25) is 9.36 Å². The van der Waals surface area contributed by atoms with E-state index in [0.717, 1.165) is 0 Å². The van der Waals surface area contributed by atoms with E-state index in [2.05, 4.69) is 10.3 Å². The van der Waals surface area contributed by atoms with Crippen molar-refractivity contribution in [1.29, 1.82) is 0 Å². The molecule has 0 bridgehead atoms. The Kier molecular flexibility index (Phi) is 4.80. The van der Waals surface area contributed by atoms with Gasteiger partial charge in [0.1, 0.15) is 5.65 Å². The van der Waals surface area contributed by atoms with Crippen LogP contribution < -0.4 is 10.9 Å². The van der Waals surface area contributed by atoms with Crippen LogP contribution >= 0.6 is 0 Å². The molecule has 22 heavy (non-hydrogen) atoms. The lowest BCUT2D eigenvalue weighted by molar-refractivity contribution is 0.0528. The molecule has 2 aromatic rings. The summed E-state index contributed by atoms with van der Waals surface area (Å²) in [4.78, 5) is 29.0. The molecule has 0 aliphatic carbocycles. The van der Waals surface area contributed by atoms with Crippen LogP contribution in [0, 0.1) is 6.92 Å². The van der Waals surface area contributed by atoms with Gasteiger partial charge in [0.25, 0.3) is 5.56 Å². The van der Waals surface area contributed by atoms with Gasteiger partial charge < -0.3 is 10.1 Å². The molecule has 2 aromatic heterocycles. The van der Waals surface area contributed by atoms with E-state index in [9.17, 15) is 9.59 Å². The lowest BCUT2D eigenvalue weighted by Crippen LogP contribution is -2.22. The van der Waals surface area contributed by atoms with E-state index in [-0.39, 0.29) is 5.56 Å². The maximum Gasteiger partial charge on any atom is 0.339 e. The topological polar surface area (TPSA) is 73.2 Å². The summed E-state index contributed by atoms with van der Waals surface area (Å²) in [5.41, 5.74) is 2.09. The molecule has 0 atom stereocenters. The number of hydrogen-bond acceptors (Lipinski definition) is 5. The SMILES string of the molecule is CCNc1cc(=O)n(CC)c2nc(C)cc(C(=O)OCC)c12. The molecule has 0 radical (unpaired) electrons. The highest BCUT2D eigenvalue weighted by Gasteiger charge is 2.19. The Bertz CT molecular complexity index is 765. The summed E-state index contributed by atoms with van der Waals surface area (Å²) in [7, 11) is 0. The zero-order valence-electron chi connectivity index (χ0n) is 13.4. The van der Waals surface area contributed by atoms with Gasteiger partial charge in [0, 0.05) is 24.8 Å². The number of ether oxygens (including phenoxy) is 1. The van der Waals surface area contributed by atoms with Gasteiger partial charge in [0.15, 0.2) is 0 Å². The Morgan fingerprint density at radius 1 is 1.32 bits per heavy atom. The molecule has 2 heterocycles. The number of carbonyl (C=O) groups excluding carboxylic acids is 1. The van der Waals surface area contributed by atoms with Crippen molar-refractivity contribution in [3.63, 3.8) is 0 Å². The first-order valence-corrected chi connectivity index (χ1v) is 7.49. The molecule has 118 valence electrons. The quantitative estimate of drug-likeness (QED) is 0.858. The van der Waals surface area contributed by atoms with Crippen LogP contribution in [0.25, 0.3) is 11.0 Å². The number of anilines is 1. The number of carbonyl (C=O) groups is 1. The second-order valence-corrected chi connectivity index (χ2v) is 4.90. The number of aromatic nitrogens is 2. The maximum absolute atomic E-state index is 12.3. The van der Waals surface area contributed by atoms with Crippen LogP contribution in [0.4, 0.5) is 5.69 Å². The average molecular weight is 303 g/mol. The van der Waals surface area contributed by atoms with Gasteiger partial charge in [-0.05, 0) is 33.8 Å². The highest BCUT2D eigenvalue weighted by molar-refractivity contribution is 6.07. The smallest absolute Gasteiger partial charge is 0.339 e. The van der Waals surface area contributed by atoms with Crippen LogP contribution in [0.15, 0.2) is 16.9 Å². The number of rotatable bonds is 5. The fourth-order valence-electron chi connectivity index (χ4n) is 2.50. The van der Waals surface area contributed by atoms with Crippen molar-refractivity contribution < 1.29 is 9.53 Å². The predicted molar refractivity (Wildman–Crippen MR) is 86.5 cm³/mol. The minimum atomic E-state index is -0.404. The lowest BCUT2D eigenvalue weighted by atomic mass is 10.1. The molecular weight excluding hydrogens is 282 g/mol. The monoisotopic (exact) mass is 303 g/mol. The van der Waals surface area contributed by atoms with Gasteiger partial charge in [-0.1, -0.05) is 0 Å². The van der Waals surface area contributed by atoms with Crippen molar-refractivity contribution >= 4 is 22.7 Å². The third-order valence-electron chi connectivity index (χ3n) is 3.37. The van der Waals surface area contributed by atoms with E-state index in [1.54, 1.807) is 24.5 Å². The summed E-state index contributed by atoms with van der Waals surface area (Å²) >= 11 is 0. The number of aryl methyl sites for hydroxylation is 2.